The molecule has 1 N–H and O–H groups in total. The van der Waals surface area contributed by atoms with Crippen molar-refractivity contribution in [3.8, 4) is 0 Å². The van der Waals surface area contributed by atoms with E-state index in [0.29, 0.717) is 12.6 Å². The number of aliphatic carboxylic acids is 1. The van der Waals surface area contributed by atoms with Gasteiger partial charge in [-0.05, 0) is 31.9 Å². The summed E-state index contributed by atoms with van der Waals surface area (Å²) in [6, 6.07) is 9.00. The summed E-state index contributed by atoms with van der Waals surface area (Å²) in [5.74, 6) is -0.710. The van der Waals surface area contributed by atoms with Gasteiger partial charge in [-0.2, -0.15) is 0 Å². The molecule has 3 heteroatoms. The highest BCUT2D eigenvalue weighted by atomic mass is 16.4. The van der Waals surface area contributed by atoms with E-state index in [-0.39, 0.29) is 6.42 Å². The van der Waals surface area contributed by atoms with Crippen molar-refractivity contribution >= 4 is 11.7 Å². The van der Waals surface area contributed by atoms with Gasteiger partial charge in [0.15, 0.2) is 0 Å². The zero-order valence-corrected chi connectivity index (χ0v) is 13.1. The van der Waals surface area contributed by atoms with E-state index in [1.165, 1.54) is 56.2 Å². The van der Waals surface area contributed by atoms with Crippen LogP contribution in [-0.4, -0.2) is 23.7 Å². The molecule has 21 heavy (non-hydrogen) atoms. The van der Waals surface area contributed by atoms with E-state index in [2.05, 4.69) is 36.1 Å². The molecular weight excluding hydrogens is 262 g/mol. The molecule has 1 aliphatic carbocycles. The third-order valence-corrected chi connectivity index (χ3v) is 4.45. The van der Waals surface area contributed by atoms with Crippen molar-refractivity contribution in [2.75, 3.05) is 11.4 Å². The van der Waals surface area contributed by atoms with E-state index in [0.717, 1.165) is 0 Å². The van der Waals surface area contributed by atoms with Gasteiger partial charge in [-0.3, -0.25) is 4.79 Å². The first-order valence-electron chi connectivity index (χ1n) is 8.22. The van der Waals surface area contributed by atoms with Crippen molar-refractivity contribution in [3.63, 3.8) is 0 Å². The zero-order valence-electron chi connectivity index (χ0n) is 13.1. The summed E-state index contributed by atoms with van der Waals surface area (Å²) in [6.07, 6.45) is 9.10. The predicted octanol–water partition coefficient (Wildman–Crippen LogP) is 4.39. The fourth-order valence-corrected chi connectivity index (χ4v) is 3.22. The number of anilines is 1. The molecule has 3 nitrogen and oxygen atoms in total. The normalized spacial score (nSPS) is 17.0. The molecule has 1 aromatic carbocycles. The molecule has 0 bridgehead atoms. The summed E-state index contributed by atoms with van der Waals surface area (Å²) in [4.78, 5) is 13.3. The molecule has 2 rings (SSSR count). The van der Waals surface area contributed by atoms with Crippen LogP contribution in [0.3, 0.4) is 0 Å². The highest BCUT2D eigenvalue weighted by Crippen LogP contribution is 2.26. The molecule has 0 heterocycles. The van der Waals surface area contributed by atoms with Crippen molar-refractivity contribution in [2.24, 2.45) is 0 Å². The van der Waals surface area contributed by atoms with Crippen LogP contribution >= 0.6 is 0 Å². The van der Waals surface area contributed by atoms with E-state index < -0.39 is 5.97 Å². The minimum absolute atomic E-state index is 0.213. The topological polar surface area (TPSA) is 40.5 Å². The lowest BCUT2D eigenvalue weighted by Crippen LogP contribution is -2.37. The fraction of sp³-hybridized carbons (Fsp3) is 0.611. The van der Waals surface area contributed by atoms with Crippen LogP contribution in [0.4, 0.5) is 5.69 Å². The second-order valence-corrected chi connectivity index (χ2v) is 6.17. The largest absolute Gasteiger partial charge is 0.481 e. The SMILES string of the molecule is Cc1ccc(N(CCC(=O)O)C2CCCCCCC2)cc1. The number of aryl methyl sites for hydroxylation is 1. The molecule has 0 atom stereocenters. The smallest absolute Gasteiger partial charge is 0.305 e. The van der Waals surface area contributed by atoms with E-state index in [4.69, 9.17) is 5.11 Å². The van der Waals surface area contributed by atoms with Crippen molar-refractivity contribution in [1.29, 1.82) is 0 Å². The summed E-state index contributed by atoms with van der Waals surface area (Å²) in [6.45, 7) is 2.70. The average Bonchev–Trinajstić information content (AvgIpc) is 2.42. The van der Waals surface area contributed by atoms with Crippen LogP contribution in [0.15, 0.2) is 24.3 Å². The van der Waals surface area contributed by atoms with Gasteiger partial charge < -0.3 is 10.0 Å². The number of hydrogen-bond acceptors (Lipinski definition) is 2. The number of carboxylic acid groups (broad SMARTS) is 1. The van der Waals surface area contributed by atoms with Crippen molar-refractivity contribution in [3.05, 3.63) is 29.8 Å². The van der Waals surface area contributed by atoms with Gasteiger partial charge in [0, 0.05) is 18.3 Å². The Labute approximate surface area is 128 Å². The third kappa shape index (κ3) is 5.07. The van der Waals surface area contributed by atoms with Crippen LogP contribution in [0, 0.1) is 6.92 Å². The van der Waals surface area contributed by atoms with Gasteiger partial charge in [0.25, 0.3) is 0 Å². The van der Waals surface area contributed by atoms with Crippen molar-refractivity contribution in [2.45, 2.75) is 64.3 Å². The Morgan fingerprint density at radius 1 is 1.10 bits per heavy atom. The molecule has 0 saturated heterocycles. The fourth-order valence-electron chi connectivity index (χ4n) is 3.22. The van der Waals surface area contributed by atoms with E-state index in [1.807, 2.05) is 0 Å². The van der Waals surface area contributed by atoms with Crippen LogP contribution in [0.2, 0.25) is 0 Å². The zero-order chi connectivity index (χ0) is 15.1. The summed E-state index contributed by atoms with van der Waals surface area (Å²) >= 11 is 0. The van der Waals surface area contributed by atoms with E-state index in [9.17, 15) is 4.79 Å². The van der Waals surface area contributed by atoms with Gasteiger partial charge in [-0.15, -0.1) is 0 Å². The maximum absolute atomic E-state index is 11.0. The Kier molecular flexibility index (Phi) is 6.09. The summed E-state index contributed by atoms with van der Waals surface area (Å²) in [5.41, 5.74) is 2.42. The molecule has 0 spiro atoms. The summed E-state index contributed by atoms with van der Waals surface area (Å²) in [7, 11) is 0. The second-order valence-electron chi connectivity index (χ2n) is 6.17. The molecule has 116 valence electrons. The first-order valence-corrected chi connectivity index (χ1v) is 8.22. The second kappa shape index (κ2) is 8.06. The Morgan fingerprint density at radius 3 is 2.24 bits per heavy atom. The van der Waals surface area contributed by atoms with E-state index >= 15 is 0 Å². The summed E-state index contributed by atoms with van der Waals surface area (Å²) < 4.78 is 0. The molecule has 1 aliphatic rings. The van der Waals surface area contributed by atoms with Gasteiger partial charge in [0.2, 0.25) is 0 Å². The first kappa shape index (κ1) is 15.9. The molecule has 0 amide bonds. The minimum atomic E-state index is -0.710. The number of benzene rings is 1. The van der Waals surface area contributed by atoms with E-state index in [1.54, 1.807) is 0 Å². The molecule has 0 radical (unpaired) electrons. The Hall–Kier alpha value is -1.51. The Bertz CT molecular complexity index is 433. The maximum atomic E-state index is 11.0. The van der Waals surface area contributed by atoms with Crippen molar-refractivity contribution < 1.29 is 9.90 Å². The molecule has 0 aliphatic heterocycles. The molecule has 0 aromatic heterocycles. The van der Waals surface area contributed by atoms with Crippen LogP contribution in [0.25, 0.3) is 0 Å². The Morgan fingerprint density at radius 2 is 1.67 bits per heavy atom. The lowest BCUT2D eigenvalue weighted by atomic mass is 9.95. The highest BCUT2D eigenvalue weighted by molar-refractivity contribution is 5.67. The van der Waals surface area contributed by atoms with Gasteiger partial charge in [-0.25, -0.2) is 0 Å². The molecule has 0 unspecified atom stereocenters. The quantitative estimate of drug-likeness (QED) is 0.874. The number of rotatable bonds is 5. The lowest BCUT2D eigenvalue weighted by molar-refractivity contribution is -0.136. The summed E-state index contributed by atoms with van der Waals surface area (Å²) in [5, 5.41) is 9.03. The molecular formula is C18H27NO2. The van der Waals surface area contributed by atoms with Gasteiger partial charge in [0.05, 0.1) is 6.42 Å². The number of carbonyl (C=O) groups is 1. The lowest BCUT2D eigenvalue weighted by Gasteiger charge is -2.35. The van der Waals surface area contributed by atoms with Crippen LogP contribution in [-0.2, 0) is 4.79 Å². The monoisotopic (exact) mass is 289 g/mol. The van der Waals surface area contributed by atoms with Gasteiger partial charge in [0.1, 0.15) is 0 Å². The minimum Gasteiger partial charge on any atom is -0.481 e. The number of carboxylic acids is 1. The van der Waals surface area contributed by atoms with Crippen molar-refractivity contribution in [1.82, 2.24) is 0 Å². The third-order valence-electron chi connectivity index (χ3n) is 4.45. The highest BCUT2D eigenvalue weighted by Gasteiger charge is 2.20. The average molecular weight is 289 g/mol. The molecule has 1 saturated carbocycles. The van der Waals surface area contributed by atoms with Crippen LogP contribution < -0.4 is 4.90 Å². The molecule has 1 aromatic rings. The number of nitrogens with zero attached hydrogens (tertiary/aromatic N) is 1. The van der Waals surface area contributed by atoms with Crippen LogP contribution in [0.1, 0.15) is 56.9 Å². The maximum Gasteiger partial charge on any atom is 0.305 e. The molecule has 1 fully saturated rings. The van der Waals surface area contributed by atoms with Crippen LogP contribution in [0.5, 0.6) is 0 Å². The number of hydrogen-bond donors (Lipinski definition) is 1. The standard InChI is InChI=1S/C18H27NO2/c1-15-9-11-17(12-10-15)19(14-13-18(20)21)16-7-5-3-2-4-6-8-16/h9-12,16H,2-8,13-14H2,1H3,(H,20,21). The first-order chi connectivity index (χ1) is 10.2. The van der Waals surface area contributed by atoms with Gasteiger partial charge >= 0.3 is 5.97 Å². The Balaban J connectivity index is 2.12. The predicted molar refractivity (Wildman–Crippen MR) is 86.9 cm³/mol. The van der Waals surface area contributed by atoms with Gasteiger partial charge in [-0.1, -0.05) is 49.8 Å².